The molecule has 2 rings (SSSR count). The molecular weight excluding hydrogens is 242 g/mol. The lowest BCUT2D eigenvalue weighted by Crippen LogP contribution is -2.26. The van der Waals surface area contributed by atoms with Crippen LogP contribution in [0.1, 0.15) is 22.3 Å². The van der Waals surface area contributed by atoms with Gasteiger partial charge in [0.25, 0.3) is 5.91 Å². The molecule has 0 spiro atoms. The van der Waals surface area contributed by atoms with Crippen molar-refractivity contribution in [2.45, 2.75) is 19.9 Å². The van der Waals surface area contributed by atoms with Gasteiger partial charge >= 0.3 is 0 Å². The molecule has 0 bridgehead atoms. The molecule has 0 aliphatic carbocycles. The van der Waals surface area contributed by atoms with Crippen molar-refractivity contribution in [3.63, 3.8) is 0 Å². The van der Waals surface area contributed by atoms with Crippen LogP contribution in [0.4, 0.5) is 5.69 Å². The summed E-state index contributed by atoms with van der Waals surface area (Å²) in [5.74, 6) is -0.0731. The van der Waals surface area contributed by atoms with Gasteiger partial charge in [-0.1, -0.05) is 5.21 Å². The van der Waals surface area contributed by atoms with Crippen LogP contribution in [0.15, 0.2) is 30.6 Å². The SMILES string of the molecule is Cc1cc(N)ccc1C(=O)NCCCn1ccnn1. The van der Waals surface area contributed by atoms with Gasteiger partial charge in [-0.3, -0.25) is 9.48 Å². The number of hydrogen-bond donors (Lipinski definition) is 2. The number of nitrogen functional groups attached to an aromatic ring is 1. The van der Waals surface area contributed by atoms with Gasteiger partial charge in [-0.15, -0.1) is 5.10 Å². The number of hydrogen-bond acceptors (Lipinski definition) is 4. The third kappa shape index (κ3) is 3.54. The Kier molecular flexibility index (Phi) is 4.12. The molecule has 6 nitrogen and oxygen atoms in total. The zero-order valence-corrected chi connectivity index (χ0v) is 10.8. The van der Waals surface area contributed by atoms with E-state index in [0.29, 0.717) is 17.8 Å². The fraction of sp³-hybridized carbons (Fsp3) is 0.308. The summed E-state index contributed by atoms with van der Waals surface area (Å²) in [4.78, 5) is 12.0. The van der Waals surface area contributed by atoms with Crippen LogP contribution in [0.5, 0.6) is 0 Å². The zero-order chi connectivity index (χ0) is 13.7. The first kappa shape index (κ1) is 13.1. The average molecular weight is 259 g/mol. The minimum Gasteiger partial charge on any atom is -0.399 e. The molecule has 6 heteroatoms. The minimum atomic E-state index is -0.0731. The Labute approximate surface area is 111 Å². The molecule has 100 valence electrons. The van der Waals surface area contributed by atoms with Crippen molar-refractivity contribution in [3.8, 4) is 0 Å². The van der Waals surface area contributed by atoms with Crippen LogP contribution in [0.2, 0.25) is 0 Å². The fourth-order valence-corrected chi connectivity index (χ4v) is 1.83. The molecule has 0 fully saturated rings. The monoisotopic (exact) mass is 259 g/mol. The van der Waals surface area contributed by atoms with Gasteiger partial charge in [-0.2, -0.15) is 0 Å². The Bertz CT molecular complexity index is 550. The predicted molar refractivity (Wildman–Crippen MR) is 72.6 cm³/mol. The molecule has 1 aromatic heterocycles. The van der Waals surface area contributed by atoms with Crippen molar-refractivity contribution in [1.29, 1.82) is 0 Å². The lowest BCUT2D eigenvalue weighted by Gasteiger charge is -2.08. The summed E-state index contributed by atoms with van der Waals surface area (Å²) < 4.78 is 1.74. The van der Waals surface area contributed by atoms with E-state index in [9.17, 15) is 4.79 Å². The molecule has 19 heavy (non-hydrogen) atoms. The smallest absolute Gasteiger partial charge is 0.251 e. The number of anilines is 1. The molecule has 1 amide bonds. The molecule has 0 saturated heterocycles. The first-order chi connectivity index (χ1) is 9.16. The van der Waals surface area contributed by atoms with E-state index in [2.05, 4.69) is 15.6 Å². The van der Waals surface area contributed by atoms with Gasteiger partial charge in [0.1, 0.15) is 0 Å². The molecule has 0 aliphatic rings. The van der Waals surface area contributed by atoms with Crippen molar-refractivity contribution < 1.29 is 4.79 Å². The van der Waals surface area contributed by atoms with Crippen molar-refractivity contribution >= 4 is 11.6 Å². The topological polar surface area (TPSA) is 85.8 Å². The first-order valence-corrected chi connectivity index (χ1v) is 6.15. The number of carbonyl (C=O) groups is 1. The van der Waals surface area contributed by atoms with Crippen LogP contribution in [0.25, 0.3) is 0 Å². The van der Waals surface area contributed by atoms with Gasteiger partial charge in [0, 0.05) is 30.5 Å². The molecule has 1 aromatic carbocycles. The van der Waals surface area contributed by atoms with Crippen LogP contribution >= 0.6 is 0 Å². The summed E-state index contributed by atoms with van der Waals surface area (Å²) in [6, 6.07) is 5.28. The second-order valence-corrected chi connectivity index (χ2v) is 4.35. The third-order valence-electron chi connectivity index (χ3n) is 2.82. The van der Waals surface area contributed by atoms with Crippen molar-refractivity contribution in [2.24, 2.45) is 0 Å². The lowest BCUT2D eigenvalue weighted by atomic mass is 10.1. The van der Waals surface area contributed by atoms with Gasteiger partial charge in [0.2, 0.25) is 0 Å². The largest absolute Gasteiger partial charge is 0.399 e. The fourth-order valence-electron chi connectivity index (χ4n) is 1.83. The van der Waals surface area contributed by atoms with Crippen LogP contribution in [0.3, 0.4) is 0 Å². The summed E-state index contributed by atoms with van der Waals surface area (Å²) in [6.07, 6.45) is 4.24. The Morgan fingerprint density at radius 2 is 2.32 bits per heavy atom. The number of nitrogens with zero attached hydrogens (tertiary/aromatic N) is 3. The van der Waals surface area contributed by atoms with Crippen LogP contribution < -0.4 is 11.1 Å². The second kappa shape index (κ2) is 5.99. The highest BCUT2D eigenvalue weighted by Crippen LogP contribution is 2.12. The van der Waals surface area contributed by atoms with Crippen molar-refractivity contribution in [1.82, 2.24) is 20.3 Å². The number of nitrogens with two attached hydrogens (primary N) is 1. The Balaban J connectivity index is 1.81. The second-order valence-electron chi connectivity index (χ2n) is 4.35. The summed E-state index contributed by atoms with van der Waals surface area (Å²) in [6.45, 7) is 3.21. The highest BCUT2D eigenvalue weighted by atomic mass is 16.1. The summed E-state index contributed by atoms with van der Waals surface area (Å²) >= 11 is 0. The molecule has 0 radical (unpaired) electrons. The van der Waals surface area contributed by atoms with E-state index in [1.165, 1.54) is 0 Å². The standard InChI is InChI=1S/C13H17N5O/c1-10-9-11(14)3-4-12(10)13(19)15-5-2-7-18-8-6-16-17-18/h3-4,6,8-9H,2,5,7,14H2,1H3,(H,15,19). The quantitative estimate of drug-likeness (QED) is 0.619. The highest BCUT2D eigenvalue weighted by Gasteiger charge is 2.08. The van der Waals surface area contributed by atoms with E-state index in [1.807, 2.05) is 6.92 Å². The molecule has 0 atom stereocenters. The van der Waals surface area contributed by atoms with Gasteiger partial charge < -0.3 is 11.1 Å². The van der Waals surface area contributed by atoms with Gasteiger partial charge in [0.05, 0.1) is 6.20 Å². The first-order valence-electron chi connectivity index (χ1n) is 6.15. The zero-order valence-electron chi connectivity index (χ0n) is 10.8. The highest BCUT2D eigenvalue weighted by molar-refractivity contribution is 5.95. The maximum Gasteiger partial charge on any atom is 0.251 e. The Morgan fingerprint density at radius 3 is 3.00 bits per heavy atom. The summed E-state index contributed by atoms with van der Waals surface area (Å²) in [5.41, 5.74) is 7.87. The molecule has 0 saturated carbocycles. The van der Waals surface area contributed by atoms with Crippen LogP contribution in [-0.2, 0) is 6.54 Å². The Hall–Kier alpha value is -2.37. The van der Waals surface area contributed by atoms with Crippen LogP contribution in [-0.4, -0.2) is 27.4 Å². The molecule has 0 aliphatic heterocycles. The number of nitrogens with one attached hydrogen (secondary N) is 1. The van der Waals surface area contributed by atoms with Gasteiger partial charge in [0.15, 0.2) is 0 Å². The van der Waals surface area contributed by atoms with Gasteiger partial charge in [-0.05, 0) is 37.1 Å². The number of aromatic nitrogens is 3. The maximum atomic E-state index is 12.0. The molecule has 0 unspecified atom stereocenters. The van der Waals surface area contributed by atoms with E-state index in [0.717, 1.165) is 18.5 Å². The number of aryl methyl sites for hydroxylation is 2. The number of benzene rings is 1. The predicted octanol–water partition coefficient (Wildman–Crippen LogP) is 0.989. The summed E-state index contributed by atoms with van der Waals surface area (Å²) in [7, 11) is 0. The Morgan fingerprint density at radius 1 is 1.47 bits per heavy atom. The minimum absolute atomic E-state index is 0.0731. The van der Waals surface area contributed by atoms with E-state index < -0.39 is 0 Å². The number of amides is 1. The maximum absolute atomic E-state index is 12.0. The molecule has 1 heterocycles. The number of rotatable bonds is 5. The normalized spacial score (nSPS) is 10.4. The van der Waals surface area contributed by atoms with E-state index in [1.54, 1.807) is 35.3 Å². The molecule has 3 N–H and O–H groups in total. The lowest BCUT2D eigenvalue weighted by molar-refractivity contribution is 0.0952. The summed E-state index contributed by atoms with van der Waals surface area (Å²) in [5, 5.41) is 10.5. The van der Waals surface area contributed by atoms with Crippen molar-refractivity contribution in [3.05, 3.63) is 41.7 Å². The van der Waals surface area contributed by atoms with Crippen molar-refractivity contribution in [2.75, 3.05) is 12.3 Å². The van der Waals surface area contributed by atoms with E-state index >= 15 is 0 Å². The van der Waals surface area contributed by atoms with Crippen LogP contribution in [0, 0.1) is 6.92 Å². The average Bonchev–Trinajstić information content (AvgIpc) is 2.87. The van der Waals surface area contributed by atoms with E-state index in [4.69, 9.17) is 5.73 Å². The number of carbonyl (C=O) groups excluding carboxylic acids is 1. The third-order valence-corrected chi connectivity index (χ3v) is 2.82. The van der Waals surface area contributed by atoms with Gasteiger partial charge in [-0.25, -0.2) is 0 Å². The molecular formula is C13H17N5O. The molecule has 2 aromatic rings. The van der Waals surface area contributed by atoms with E-state index in [-0.39, 0.29) is 5.91 Å².